The molecule has 0 radical (unpaired) electrons. The first kappa shape index (κ1) is 12.9. The summed E-state index contributed by atoms with van der Waals surface area (Å²) in [5.41, 5.74) is 1.14. The highest BCUT2D eigenvalue weighted by Gasteiger charge is 2.19. The van der Waals surface area contributed by atoms with E-state index in [1.165, 1.54) is 0 Å². The SMILES string of the molecule is Brc1ccc(/C=N/N=C2\CC(c3ccccc3)N=N2)o1. The van der Waals surface area contributed by atoms with Gasteiger partial charge >= 0.3 is 0 Å². The minimum Gasteiger partial charge on any atom is -0.448 e. The average molecular weight is 331 g/mol. The molecule has 1 aliphatic heterocycles. The van der Waals surface area contributed by atoms with E-state index < -0.39 is 0 Å². The van der Waals surface area contributed by atoms with Gasteiger partial charge in [-0.2, -0.15) is 10.2 Å². The molecular weight excluding hydrogens is 320 g/mol. The maximum atomic E-state index is 5.28. The van der Waals surface area contributed by atoms with E-state index >= 15 is 0 Å². The Morgan fingerprint density at radius 2 is 2.05 bits per heavy atom. The molecule has 1 aromatic heterocycles. The lowest BCUT2D eigenvalue weighted by molar-refractivity contribution is 0.534. The molecule has 1 unspecified atom stereocenters. The summed E-state index contributed by atoms with van der Waals surface area (Å²) in [4.78, 5) is 0. The fourth-order valence-electron chi connectivity index (χ4n) is 1.86. The summed E-state index contributed by atoms with van der Waals surface area (Å²) in [5, 5.41) is 16.3. The largest absolute Gasteiger partial charge is 0.448 e. The summed E-state index contributed by atoms with van der Waals surface area (Å²) in [6, 6.07) is 13.7. The molecule has 0 spiro atoms. The highest BCUT2D eigenvalue weighted by atomic mass is 79.9. The Hall–Kier alpha value is -2.08. The van der Waals surface area contributed by atoms with Crippen LogP contribution < -0.4 is 0 Å². The van der Waals surface area contributed by atoms with Gasteiger partial charge in [0.1, 0.15) is 11.8 Å². The van der Waals surface area contributed by atoms with E-state index in [-0.39, 0.29) is 6.04 Å². The van der Waals surface area contributed by atoms with Gasteiger partial charge in [-0.25, -0.2) is 0 Å². The third-order valence-corrected chi connectivity index (χ3v) is 3.25. The van der Waals surface area contributed by atoms with Crippen molar-refractivity contribution in [2.45, 2.75) is 12.5 Å². The monoisotopic (exact) mass is 330 g/mol. The predicted octanol–water partition coefficient (Wildman–Crippen LogP) is 4.37. The van der Waals surface area contributed by atoms with Gasteiger partial charge in [0.05, 0.1) is 6.21 Å². The summed E-state index contributed by atoms with van der Waals surface area (Å²) in [6.45, 7) is 0. The van der Waals surface area contributed by atoms with Crippen LogP contribution in [0.5, 0.6) is 0 Å². The molecule has 3 rings (SSSR count). The second-order valence-electron chi connectivity index (χ2n) is 4.25. The van der Waals surface area contributed by atoms with Crippen LogP contribution in [-0.4, -0.2) is 12.1 Å². The number of amidine groups is 1. The van der Waals surface area contributed by atoms with Crippen molar-refractivity contribution in [2.24, 2.45) is 20.4 Å². The molecule has 20 heavy (non-hydrogen) atoms. The molecule has 0 saturated heterocycles. The van der Waals surface area contributed by atoms with Gasteiger partial charge in [0.25, 0.3) is 0 Å². The first-order chi connectivity index (χ1) is 9.81. The number of azo groups is 1. The highest BCUT2D eigenvalue weighted by Crippen LogP contribution is 2.27. The summed E-state index contributed by atoms with van der Waals surface area (Å²) < 4.78 is 5.95. The molecule has 5 nitrogen and oxygen atoms in total. The zero-order chi connectivity index (χ0) is 13.8. The van der Waals surface area contributed by atoms with Crippen LogP contribution in [0.2, 0.25) is 0 Å². The van der Waals surface area contributed by atoms with E-state index in [2.05, 4.69) is 36.4 Å². The maximum absolute atomic E-state index is 5.28. The molecule has 0 saturated carbocycles. The number of furan rings is 1. The fraction of sp³-hybridized carbons (Fsp3) is 0.143. The van der Waals surface area contributed by atoms with Crippen LogP contribution in [0.4, 0.5) is 0 Å². The van der Waals surface area contributed by atoms with Gasteiger partial charge < -0.3 is 4.42 Å². The number of rotatable bonds is 3. The minimum atomic E-state index is 0.0444. The Kier molecular flexibility index (Phi) is 3.83. The minimum absolute atomic E-state index is 0.0444. The number of benzene rings is 1. The normalized spacial score (nSPS) is 20.2. The van der Waals surface area contributed by atoms with Gasteiger partial charge in [-0.3, -0.25) is 0 Å². The Balaban J connectivity index is 1.64. The maximum Gasteiger partial charge on any atom is 0.175 e. The van der Waals surface area contributed by atoms with Crippen LogP contribution in [0.15, 0.2) is 72.0 Å². The van der Waals surface area contributed by atoms with E-state index in [1.807, 2.05) is 30.3 Å². The second kappa shape index (κ2) is 5.92. The molecule has 100 valence electrons. The Morgan fingerprint density at radius 3 is 2.80 bits per heavy atom. The standard InChI is InChI=1S/C14H11BrN4O/c15-13-7-6-11(20-13)9-16-18-14-8-12(17-19-14)10-4-2-1-3-5-10/h1-7,9,12H,8H2/b16-9+,18-14+. The van der Waals surface area contributed by atoms with Gasteiger partial charge in [0.15, 0.2) is 10.5 Å². The summed E-state index contributed by atoms with van der Waals surface area (Å²) in [6.07, 6.45) is 2.21. The van der Waals surface area contributed by atoms with E-state index in [4.69, 9.17) is 4.42 Å². The molecule has 0 bridgehead atoms. The zero-order valence-corrected chi connectivity index (χ0v) is 12.1. The molecule has 0 N–H and O–H groups in total. The van der Waals surface area contributed by atoms with Gasteiger partial charge in [-0.05, 0) is 33.6 Å². The van der Waals surface area contributed by atoms with Crippen LogP contribution in [0.3, 0.4) is 0 Å². The number of hydrogen-bond donors (Lipinski definition) is 0. The molecule has 1 atom stereocenters. The van der Waals surface area contributed by atoms with Crippen molar-refractivity contribution in [1.82, 2.24) is 0 Å². The number of hydrogen-bond acceptors (Lipinski definition) is 4. The van der Waals surface area contributed by atoms with Crippen LogP contribution in [0, 0.1) is 0 Å². The van der Waals surface area contributed by atoms with Crippen molar-refractivity contribution < 1.29 is 4.42 Å². The van der Waals surface area contributed by atoms with Crippen molar-refractivity contribution in [3.05, 3.63) is 58.5 Å². The molecule has 1 aliphatic rings. The lowest BCUT2D eigenvalue weighted by Crippen LogP contribution is -1.95. The van der Waals surface area contributed by atoms with Crippen LogP contribution in [0.1, 0.15) is 23.8 Å². The Labute approximate surface area is 124 Å². The molecule has 0 fully saturated rings. The van der Waals surface area contributed by atoms with Crippen LogP contribution >= 0.6 is 15.9 Å². The van der Waals surface area contributed by atoms with Crippen molar-refractivity contribution >= 4 is 28.0 Å². The topological polar surface area (TPSA) is 62.6 Å². The van der Waals surface area contributed by atoms with E-state index in [0.717, 1.165) is 5.56 Å². The molecular formula is C14H11BrN4O. The van der Waals surface area contributed by atoms with Gasteiger partial charge in [-0.1, -0.05) is 30.3 Å². The molecule has 6 heteroatoms. The highest BCUT2D eigenvalue weighted by molar-refractivity contribution is 9.10. The molecule has 2 aromatic rings. The number of nitrogens with zero attached hydrogens (tertiary/aromatic N) is 4. The predicted molar refractivity (Wildman–Crippen MR) is 80.1 cm³/mol. The van der Waals surface area contributed by atoms with Gasteiger partial charge in [-0.15, -0.1) is 10.2 Å². The Bertz CT molecular complexity index is 675. The summed E-state index contributed by atoms with van der Waals surface area (Å²) in [7, 11) is 0. The average Bonchev–Trinajstić information content (AvgIpc) is 3.09. The van der Waals surface area contributed by atoms with Gasteiger partial charge in [0.2, 0.25) is 0 Å². The molecule has 2 heterocycles. The summed E-state index contributed by atoms with van der Waals surface area (Å²) >= 11 is 3.23. The smallest absolute Gasteiger partial charge is 0.175 e. The van der Waals surface area contributed by atoms with Crippen molar-refractivity contribution in [3.63, 3.8) is 0 Å². The van der Waals surface area contributed by atoms with Gasteiger partial charge in [0, 0.05) is 6.42 Å². The lowest BCUT2D eigenvalue weighted by atomic mass is 10.1. The third kappa shape index (κ3) is 3.08. The van der Waals surface area contributed by atoms with Crippen LogP contribution in [-0.2, 0) is 0 Å². The number of halogens is 1. The summed E-state index contributed by atoms with van der Waals surface area (Å²) in [5.74, 6) is 1.26. The molecule has 0 aliphatic carbocycles. The third-order valence-electron chi connectivity index (χ3n) is 2.82. The van der Waals surface area contributed by atoms with Crippen molar-refractivity contribution in [2.75, 3.05) is 0 Å². The Morgan fingerprint density at radius 1 is 1.20 bits per heavy atom. The first-order valence-corrected chi connectivity index (χ1v) is 6.91. The van der Waals surface area contributed by atoms with E-state index in [9.17, 15) is 0 Å². The van der Waals surface area contributed by atoms with Crippen LogP contribution in [0.25, 0.3) is 0 Å². The quantitative estimate of drug-likeness (QED) is 0.608. The zero-order valence-electron chi connectivity index (χ0n) is 10.5. The second-order valence-corrected chi connectivity index (χ2v) is 5.03. The molecule has 0 amide bonds. The lowest BCUT2D eigenvalue weighted by Gasteiger charge is -2.02. The van der Waals surface area contributed by atoms with E-state index in [1.54, 1.807) is 18.3 Å². The first-order valence-electron chi connectivity index (χ1n) is 6.12. The molecule has 1 aromatic carbocycles. The fourth-order valence-corrected chi connectivity index (χ4v) is 2.18. The van der Waals surface area contributed by atoms with Crippen molar-refractivity contribution in [3.8, 4) is 0 Å². The van der Waals surface area contributed by atoms with Crippen molar-refractivity contribution in [1.29, 1.82) is 0 Å². The van der Waals surface area contributed by atoms with E-state index in [0.29, 0.717) is 22.7 Å².